The van der Waals surface area contributed by atoms with Crippen LogP contribution in [0.4, 0.5) is 0 Å². The Morgan fingerprint density at radius 1 is 1.25 bits per heavy atom. The number of pyridine rings is 1. The fourth-order valence-electron chi connectivity index (χ4n) is 4.99. The minimum absolute atomic E-state index is 0.0255. The van der Waals surface area contributed by atoms with Crippen molar-refractivity contribution in [1.29, 1.82) is 0 Å². The molecule has 0 aliphatic heterocycles. The van der Waals surface area contributed by atoms with Crippen molar-refractivity contribution >= 4 is 5.97 Å². The maximum Gasteiger partial charge on any atom is 0.340 e. The largest absolute Gasteiger partial charge is 0.462 e. The van der Waals surface area contributed by atoms with Gasteiger partial charge in [-0.25, -0.2) is 4.79 Å². The molecule has 0 saturated heterocycles. The molecule has 2 aliphatic carbocycles. The number of methoxy groups -OCH3 is 1. The Morgan fingerprint density at radius 3 is 2.54 bits per heavy atom. The Morgan fingerprint density at radius 2 is 1.93 bits per heavy atom. The normalized spacial score (nSPS) is 23.1. The summed E-state index contributed by atoms with van der Waals surface area (Å²) in [5.74, 6) is -0.0714. The first kappa shape index (κ1) is 21.3. The van der Waals surface area contributed by atoms with Crippen LogP contribution >= 0.6 is 0 Å². The van der Waals surface area contributed by atoms with Crippen LogP contribution in [0.15, 0.2) is 0 Å². The summed E-state index contributed by atoms with van der Waals surface area (Å²) in [4.78, 5) is 18.0. The molecule has 5 heteroatoms. The maximum absolute atomic E-state index is 13.1. The van der Waals surface area contributed by atoms with Gasteiger partial charge in [0.25, 0.3) is 0 Å². The molecular weight excluding hydrogens is 354 g/mol. The Bertz CT molecular complexity index is 722. The molecule has 0 bridgehead atoms. The summed E-state index contributed by atoms with van der Waals surface area (Å²) in [5, 5.41) is 11.1. The third kappa shape index (κ3) is 4.11. The van der Waals surface area contributed by atoms with Gasteiger partial charge in [-0.2, -0.15) is 0 Å². The van der Waals surface area contributed by atoms with E-state index in [0.717, 1.165) is 48.9 Å². The van der Waals surface area contributed by atoms with Crippen LogP contribution in [0.25, 0.3) is 0 Å². The molecule has 156 valence electrons. The number of carbonyl (C=O) groups excluding carboxylic acids is 1. The minimum Gasteiger partial charge on any atom is -0.462 e. The first-order valence-corrected chi connectivity index (χ1v) is 10.7. The summed E-state index contributed by atoms with van der Waals surface area (Å²) in [7, 11) is 1.64. The summed E-state index contributed by atoms with van der Waals surface area (Å²) in [6, 6.07) is 0. The highest BCUT2D eigenvalue weighted by molar-refractivity contribution is 5.93. The zero-order chi connectivity index (χ0) is 20.5. The van der Waals surface area contributed by atoms with E-state index in [0.29, 0.717) is 24.3 Å². The van der Waals surface area contributed by atoms with Crippen molar-refractivity contribution in [2.24, 2.45) is 5.41 Å². The molecule has 1 aromatic heterocycles. The number of rotatable bonds is 5. The van der Waals surface area contributed by atoms with Gasteiger partial charge in [-0.15, -0.1) is 0 Å². The number of esters is 1. The molecule has 1 aromatic rings. The zero-order valence-corrected chi connectivity index (χ0v) is 18.0. The number of hydrogen-bond donors (Lipinski definition) is 1. The van der Waals surface area contributed by atoms with Gasteiger partial charge in [-0.1, -0.05) is 33.1 Å². The van der Waals surface area contributed by atoms with E-state index < -0.39 is 6.10 Å². The van der Waals surface area contributed by atoms with E-state index in [1.807, 2.05) is 13.8 Å². The second-order valence-corrected chi connectivity index (χ2v) is 9.14. The Labute approximate surface area is 168 Å². The third-order valence-corrected chi connectivity index (χ3v) is 6.34. The van der Waals surface area contributed by atoms with Gasteiger partial charge in [-0.05, 0) is 56.4 Å². The molecule has 0 amide bonds. The predicted molar refractivity (Wildman–Crippen MR) is 109 cm³/mol. The molecule has 1 saturated carbocycles. The first-order valence-electron chi connectivity index (χ1n) is 10.7. The molecule has 1 heterocycles. The molecule has 3 rings (SSSR count). The molecule has 0 spiro atoms. The van der Waals surface area contributed by atoms with Crippen LogP contribution in [-0.2, 0) is 15.9 Å². The predicted octanol–water partition coefficient (Wildman–Crippen LogP) is 5.02. The van der Waals surface area contributed by atoms with E-state index in [-0.39, 0.29) is 23.4 Å². The molecule has 0 radical (unpaired) electrons. The van der Waals surface area contributed by atoms with Crippen molar-refractivity contribution in [1.82, 2.24) is 4.98 Å². The summed E-state index contributed by atoms with van der Waals surface area (Å²) >= 11 is 0. The van der Waals surface area contributed by atoms with Crippen molar-refractivity contribution in [3.8, 4) is 0 Å². The van der Waals surface area contributed by atoms with Gasteiger partial charge in [-0.3, -0.25) is 4.98 Å². The van der Waals surface area contributed by atoms with Gasteiger partial charge in [0.15, 0.2) is 0 Å². The lowest BCUT2D eigenvalue weighted by molar-refractivity contribution is 0.0507. The van der Waals surface area contributed by atoms with E-state index in [9.17, 15) is 9.90 Å². The van der Waals surface area contributed by atoms with Crippen LogP contribution in [0, 0.1) is 5.41 Å². The Hall–Kier alpha value is -1.46. The number of ether oxygens (including phenoxy) is 2. The summed E-state index contributed by atoms with van der Waals surface area (Å²) in [6.45, 7) is 8.39. The van der Waals surface area contributed by atoms with Gasteiger partial charge in [0, 0.05) is 18.4 Å². The molecule has 1 fully saturated rings. The highest BCUT2D eigenvalue weighted by Gasteiger charge is 2.39. The van der Waals surface area contributed by atoms with Gasteiger partial charge >= 0.3 is 5.97 Å². The number of aliphatic hydroxyl groups is 1. The smallest absolute Gasteiger partial charge is 0.340 e. The molecule has 28 heavy (non-hydrogen) atoms. The number of fused-ring (bicyclic) bond motifs is 1. The monoisotopic (exact) mass is 389 g/mol. The number of aliphatic hydroxyl groups excluding tert-OH is 1. The first-order chi connectivity index (χ1) is 13.3. The van der Waals surface area contributed by atoms with Crippen molar-refractivity contribution in [2.45, 2.75) is 90.8 Å². The van der Waals surface area contributed by atoms with E-state index in [2.05, 4.69) is 13.8 Å². The molecule has 5 nitrogen and oxygen atoms in total. The summed E-state index contributed by atoms with van der Waals surface area (Å²) in [6.07, 6.45) is 6.20. The van der Waals surface area contributed by atoms with Crippen molar-refractivity contribution < 1.29 is 19.4 Å². The lowest BCUT2D eigenvalue weighted by atomic mass is 9.70. The number of nitrogens with zero attached hydrogens (tertiary/aromatic N) is 1. The van der Waals surface area contributed by atoms with E-state index >= 15 is 0 Å². The highest BCUT2D eigenvalue weighted by Crippen LogP contribution is 2.47. The molecule has 1 N–H and O–H groups in total. The number of carbonyl (C=O) groups is 1. The molecule has 2 unspecified atom stereocenters. The standard InChI is InChI=1S/C23H35NO4/c1-6-28-22(26)20-18(15-10-8-7-9-11-15)19-16(24-21(20)14(2)27-5)12-23(3,4)13-17(19)25/h14-15,17,25H,6-13H2,1-5H3. The van der Waals surface area contributed by atoms with Gasteiger partial charge < -0.3 is 14.6 Å². The fourth-order valence-corrected chi connectivity index (χ4v) is 4.99. The Balaban J connectivity index is 2.28. The fraction of sp³-hybridized carbons (Fsp3) is 0.739. The quantitative estimate of drug-likeness (QED) is 0.716. The second kappa shape index (κ2) is 8.50. The number of aromatic nitrogens is 1. The molecule has 0 aromatic carbocycles. The van der Waals surface area contributed by atoms with Crippen molar-refractivity contribution in [3.05, 3.63) is 28.1 Å². The molecule has 2 atom stereocenters. The second-order valence-electron chi connectivity index (χ2n) is 9.14. The lowest BCUT2D eigenvalue weighted by Gasteiger charge is -2.38. The van der Waals surface area contributed by atoms with Gasteiger partial charge in [0.1, 0.15) is 0 Å². The van der Waals surface area contributed by atoms with Gasteiger partial charge in [0.2, 0.25) is 0 Å². The van der Waals surface area contributed by atoms with Crippen LogP contribution in [-0.4, -0.2) is 29.8 Å². The molecular formula is C23H35NO4. The van der Waals surface area contributed by atoms with Crippen LogP contribution in [0.1, 0.15) is 117 Å². The maximum atomic E-state index is 13.1. The van der Waals surface area contributed by atoms with Crippen LogP contribution in [0.5, 0.6) is 0 Å². The topological polar surface area (TPSA) is 68.7 Å². The van der Waals surface area contributed by atoms with Crippen LogP contribution < -0.4 is 0 Å². The average Bonchev–Trinajstić information content (AvgIpc) is 2.65. The number of hydrogen-bond acceptors (Lipinski definition) is 5. The van der Waals surface area contributed by atoms with Crippen LogP contribution in [0.2, 0.25) is 0 Å². The average molecular weight is 390 g/mol. The van der Waals surface area contributed by atoms with Crippen LogP contribution in [0.3, 0.4) is 0 Å². The van der Waals surface area contributed by atoms with Crippen molar-refractivity contribution in [3.63, 3.8) is 0 Å². The van der Waals surface area contributed by atoms with E-state index in [1.165, 1.54) is 6.42 Å². The third-order valence-electron chi connectivity index (χ3n) is 6.34. The lowest BCUT2D eigenvalue weighted by Crippen LogP contribution is -2.31. The van der Waals surface area contributed by atoms with E-state index in [1.54, 1.807) is 7.11 Å². The Kier molecular flexibility index (Phi) is 6.45. The highest BCUT2D eigenvalue weighted by atomic mass is 16.5. The van der Waals surface area contributed by atoms with Crippen molar-refractivity contribution in [2.75, 3.05) is 13.7 Å². The molecule has 2 aliphatic rings. The zero-order valence-electron chi connectivity index (χ0n) is 18.0. The summed E-state index contributed by atoms with van der Waals surface area (Å²) in [5.41, 5.74) is 3.98. The van der Waals surface area contributed by atoms with Gasteiger partial charge in [0.05, 0.1) is 30.1 Å². The van der Waals surface area contributed by atoms with E-state index in [4.69, 9.17) is 14.5 Å². The minimum atomic E-state index is -0.594. The SMILES string of the molecule is CCOC(=O)c1c(C(C)OC)nc2c(c1C1CCCCC1)C(O)CC(C)(C)C2. The summed E-state index contributed by atoms with van der Waals surface area (Å²) < 4.78 is 11.0.